The van der Waals surface area contributed by atoms with Crippen LogP contribution in [0.4, 0.5) is 0 Å². The quantitative estimate of drug-likeness (QED) is 0.400. The van der Waals surface area contributed by atoms with Crippen LogP contribution in [0.25, 0.3) is 0 Å². The summed E-state index contributed by atoms with van der Waals surface area (Å²) in [4.78, 5) is 0. The molecule has 0 amide bonds. The van der Waals surface area contributed by atoms with E-state index in [0.717, 1.165) is 19.1 Å². The topological polar surface area (TPSA) is 9.23 Å². The summed E-state index contributed by atoms with van der Waals surface area (Å²) in [7, 11) is 0. The van der Waals surface area contributed by atoms with Crippen molar-refractivity contribution >= 4 is 0 Å². The van der Waals surface area contributed by atoms with Crippen molar-refractivity contribution in [2.24, 2.45) is 5.92 Å². The highest BCUT2D eigenvalue weighted by atomic mass is 16.5. The van der Waals surface area contributed by atoms with Gasteiger partial charge in [0.15, 0.2) is 0 Å². The van der Waals surface area contributed by atoms with Gasteiger partial charge in [-0.2, -0.15) is 0 Å². The lowest BCUT2D eigenvalue weighted by molar-refractivity contribution is 0.112. The van der Waals surface area contributed by atoms with Crippen LogP contribution in [-0.4, -0.2) is 13.2 Å². The largest absolute Gasteiger partial charge is 0.381 e. The molecule has 0 aromatic carbocycles. The van der Waals surface area contributed by atoms with Gasteiger partial charge in [-0.1, -0.05) is 57.6 Å². The van der Waals surface area contributed by atoms with Crippen molar-refractivity contribution in [2.45, 2.75) is 71.1 Å². The highest BCUT2D eigenvalue weighted by Gasteiger charge is 2.12. The lowest BCUT2D eigenvalue weighted by Gasteiger charge is -2.21. The van der Waals surface area contributed by atoms with Gasteiger partial charge in [-0.15, -0.1) is 0 Å². The first-order chi connectivity index (χ1) is 8.43. The Morgan fingerprint density at radius 1 is 1.00 bits per heavy atom. The van der Waals surface area contributed by atoms with Crippen molar-refractivity contribution in [3.8, 4) is 0 Å². The van der Waals surface area contributed by atoms with Gasteiger partial charge in [0, 0.05) is 13.2 Å². The minimum atomic E-state index is 0.948. The molecular weight excluding hydrogens is 208 g/mol. The Balaban J connectivity index is 1.80. The van der Waals surface area contributed by atoms with Crippen LogP contribution in [0.3, 0.4) is 0 Å². The van der Waals surface area contributed by atoms with Gasteiger partial charge in [0.2, 0.25) is 0 Å². The predicted octanol–water partition coefficient (Wildman–Crippen LogP) is 5.11. The Morgan fingerprint density at radius 3 is 2.53 bits per heavy atom. The lowest BCUT2D eigenvalue weighted by Crippen LogP contribution is -2.09. The molecule has 100 valence electrons. The summed E-state index contributed by atoms with van der Waals surface area (Å²) in [5, 5.41) is 0. The molecule has 1 saturated carbocycles. The van der Waals surface area contributed by atoms with Gasteiger partial charge in [0.05, 0.1) is 0 Å². The predicted molar refractivity (Wildman–Crippen MR) is 75.3 cm³/mol. The number of allylic oxidation sites excluding steroid dienone is 2. The number of rotatable bonds is 9. The fraction of sp³-hybridized carbons (Fsp3) is 0.875. The molecule has 0 atom stereocenters. The zero-order chi connectivity index (χ0) is 12.2. The van der Waals surface area contributed by atoms with Gasteiger partial charge in [0.25, 0.3) is 0 Å². The molecule has 0 radical (unpaired) electrons. The van der Waals surface area contributed by atoms with Crippen LogP contribution in [-0.2, 0) is 4.74 Å². The van der Waals surface area contributed by atoms with Crippen LogP contribution >= 0.6 is 0 Å². The third-order valence-corrected chi connectivity index (χ3v) is 3.68. The molecule has 0 aliphatic heterocycles. The number of unbranched alkanes of at least 4 members (excludes halogenated alkanes) is 2. The maximum Gasteiger partial charge on any atom is 0.0468 e. The van der Waals surface area contributed by atoms with E-state index in [4.69, 9.17) is 4.74 Å². The van der Waals surface area contributed by atoms with Crippen molar-refractivity contribution in [3.05, 3.63) is 12.2 Å². The zero-order valence-electron chi connectivity index (χ0n) is 11.6. The molecule has 0 bridgehead atoms. The Bertz CT molecular complexity index is 180. The second kappa shape index (κ2) is 10.8. The van der Waals surface area contributed by atoms with Crippen LogP contribution in [0.5, 0.6) is 0 Å². The number of ether oxygens (including phenoxy) is 1. The third-order valence-electron chi connectivity index (χ3n) is 3.68. The van der Waals surface area contributed by atoms with E-state index >= 15 is 0 Å². The van der Waals surface area contributed by atoms with E-state index in [1.165, 1.54) is 64.2 Å². The summed E-state index contributed by atoms with van der Waals surface area (Å²) in [5.41, 5.74) is 0. The van der Waals surface area contributed by atoms with E-state index in [1.54, 1.807) is 0 Å². The summed E-state index contributed by atoms with van der Waals surface area (Å²) in [5.74, 6) is 0.966. The first-order valence-corrected chi connectivity index (χ1v) is 7.66. The third kappa shape index (κ3) is 8.43. The smallest absolute Gasteiger partial charge is 0.0468 e. The van der Waals surface area contributed by atoms with Crippen molar-refractivity contribution < 1.29 is 4.74 Å². The molecule has 1 fully saturated rings. The second-order valence-corrected chi connectivity index (χ2v) is 5.31. The van der Waals surface area contributed by atoms with Crippen LogP contribution in [0.2, 0.25) is 0 Å². The van der Waals surface area contributed by atoms with Crippen LogP contribution < -0.4 is 0 Å². The summed E-state index contributed by atoms with van der Waals surface area (Å²) in [6.45, 7) is 4.16. The molecule has 0 unspecified atom stereocenters. The van der Waals surface area contributed by atoms with Gasteiger partial charge in [0.1, 0.15) is 0 Å². The average molecular weight is 238 g/mol. The SMILES string of the molecule is CCCC=CCCCOCCC1CCCCC1. The summed E-state index contributed by atoms with van der Waals surface area (Å²) in [6, 6.07) is 0. The Labute approximate surface area is 108 Å². The van der Waals surface area contributed by atoms with E-state index in [-0.39, 0.29) is 0 Å². The molecule has 0 spiro atoms. The van der Waals surface area contributed by atoms with Crippen LogP contribution in [0.1, 0.15) is 71.1 Å². The molecule has 1 heteroatoms. The van der Waals surface area contributed by atoms with Crippen molar-refractivity contribution in [1.82, 2.24) is 0 Å². The summed E-state index contributed by atoms with van der Waals surface area (Å²) < 4.78 is 5.71. The molecule has 1 aliphatic rings. The van der Waals surface area contributed by atoms with Gasteiger partial charge >= 0.3 is 0 Å². The standard InChI is InChI=1S/C16H30O/c1-2-3-4-5-6-10-14-17-15-13-16-11-8-7-9-12-16/h4-5,16H,2-3,6-15H2,1H3. The van der Waals surface area contributed by atoms with E-state index < -0.39 is 0 Å². The molecule has 0 N–H and O–H groups in total. The maximum atomic E-state index is 5.71. The Morgan fingerprint density at radius 2 is 1.76 bits per heavy atom. The molecule has 0 aromatic rings. The first kappa shape index (κ1) is 14.8. The van der Waals surface area contributed by atoms with Crippen molar-refractivity contribution in [3.63, 3.8) is 0 Å². The molecule has 17 heavy (non-hydrogen) atoms. The van der Waals surface area contributed by atoms with Crippen molar-refractivity contribution in [2.75, 3.05) is 13.2 Å². The highest BCUT2D eigenvalue weighted by Crippen LogP contribution is 2.26. The first-order valence-electron chi connectivity index (χ1n) is 7.66. The van der Waals surface area contributed by atoms with Gasteiger partial charge < -0.3 is 4.74 Å². The molecule has 1 aliphatic carbocycles. The van der Waals surface area contributed by atoms with Crippen LogP contribution in [0, 0.1) is 5.92 Å². The zero-order valence-corrected chi connectivity index (χ0v) is 11.6. The molecule has 0 saturated heterocycles. The fourth-order valence-electron chi connectivity index (χ4n) is 2.53. The van der Waals surface area contributed by atoms with Gasteiger partial charge in [-0.3, -0.25) is 0 Å². The molecule has 1 nitrogen and oxygen atoms in total. The molecule has 0 aromatic heterocycles. The normalized spacial score (nSPS) is 17.9. The number of hydrogen-bond acceptors (Lipinski definition) is 1. The summed E-state index contributed by atoms with van der Waals surface area (Å²) >= 11 is 0. The van der Waals surface area contributed by atoms with E-state index in [2.05, 4.69) is 19.1 Å². The number of hydrogen-bond donors (Lipinski definition) is 0. The van der Waals surface area contributed by atoms with Crippen LogP contribution in [0.15, 0.2) is 12.2 Å². The Kier molecular flexibility index (Phi) is 9.40. The highest BCUT2D eigenvalue weighted by molar-refractivity contribution is 4.80. The van der Waals surface area contributed by atoms with E-state index in [1.807, 2.05) is 0 Å². The average Bonchev–Trinajstić information content (AvgIpc) is 2.38. The van der Waals surface area contributed by atoms with Crippen molar-refractivity contribution in [1.29, 1.82) is 0 Å². The minimum Gasteiger partial charge on any atom is -0.381 e. The molecule has 0 heterocycles. The molecule has 1 rings (SSSR count). The lowest BCUT2D eigenvalue weighted by atomic mass is 9.87. The fourth-order valence-corrected chi connectivity index (χ4v) is 2.53. The summed E-state index contributed by atoms with van der Waals surface area (Å²) in [6.07, 6.45) is 18.0. The second-order valence-electron chi connectivity index (χ2n) is 5.31. The van der Waals surface area contributed by atoms with Gasteiger partial charge in [-0.05, 0) is 31.6 Å². The van der Waals surface area contributed by atoms with E-state index in [0.29, 0.717) is 0 Å². The minimum absolute atomic E-state index is 0.948. The van der Waals surface area contributed by atoms with E-state index in [9.17, 15) is 0 Å². The Hall–Kier alpha value is -0.300. The monoisotopic (exact) mass is 238 g/mol. The van der Waals surface area contributed by atoms with Gasteiger partial charge in [-0.25, -0.2) is 0 Å². The maximum absolute atomic E-state index is 5.71. The molecular formula is C16H30O.